The lowest BCUT2D eigenvalue weighted by Crippen LogP contribution is -2.44. The van der Waals surface area contributed by atoms with Crippen LogP contribution in [0.5, 0.6) is 5.75 Å². The zero-order valence-electron chi connectivity index (χ0n) is 15.9. The number of nitrogens with zero attached hydrogens (tertiary/aromatic N) is 3. The lowest BCUT2D eigenvalue weighted by molar-refractivity contribution is -0.117. The van der Waals surface area contributed by atoms with Gasteiger partial charge in [-0.1, -0.05) is 12.1 Å². The fraction of sp³-hybridized carbons (Fsp3) is 0.350. The lowest BCUT2D eigenvalue weighted by Gasteiger charge is -2.19. The zero-order valence-corrected chi connectivity index (χ0v) is 15.9. The number of guanidine groups is 1. The number of aryl methyl sites for hydroxylation is 1. The van der Waals surface area contributed by atoms with Gasteiger partial charge < -0.3 is 20.3 Å². The first kappa shape index (κ1) is 18.7. The molecule has 3 rings (SSSR count). The number of aliphatic imine (C=N–C) groups is 1. The molecule has 1 unspecified atom stereocenters. The smallest absolute Gasteiger partial charge is 0.229 e. The van der Waals surface area contributed by atoms with E-state index in [9.17, 15) is 4.79 Å². The van der Waals surface area contributed by atoms with Crippen molar-refractivity contribution in [1.29, 1.82) is 0 Å². The average Bonchev–Trinajstić information content (AvgIpc) is 3.06. The highest BCUT2D eigenvalue weighted by Crippen LogP contribution is 2.25. The third kappa shape index (κ3) is 4.75. The normalized spacial score (nSPS) is 17.1. The second-order valence-electron chi connectivity index (χ2n) is 6.48. The molecule has 1 amide bonds. The molecule has 7 nitrogen and oxygen atoms in total. The number of nitrogens with one attached hydrogen (secondary N) is 2. The molecule has 1 aliphatic heterocycles. The van der Waals surface area contributed by atoms with Crippen LogP contribution in [0.4, 0.5) is 5.69 Å². The van der Waals surface area contributed by atoms with Crippen LogP contribution >= 0.6 is 0 Å². The minimum absolute atomic E-state index is 0.00829. The summed E-state index contributed by atoms with van der Waals surface area (Å²) < 4.78 is 5.25. The van der Waals surface area contributed by atoms with Crippen LogP contribution in [0.25, 0.3) is 0 Å². The summed E-state index contributed by atoms with van der Waals surface area (Å²) in [6, 6.07) is 11.6. The lowest BCUT2D eigenvalue weighted by atomic mass is 10.2. The molecule has 1 aromatic carbocycles. The maximum absolute atomic E-state index is 12.4. The SMILES string of the molecule is CN=C(NCc1ccc(C)nc1)NC1CC(=O)N(c2cccc(OC)c2)C1. The Bertz CT molecular complexity index is 819. The first-order valence-electron chi connectivity index (χ1n) is 8.92. The number of rotatable bonds is 5. The van der Waals surface area contributed by atoms with Crippen molar-refractivity contribution in [2.24, 2.45) is 4.99 Å². The molecule has 0 bridgehead atoms. The number of hydrogen-bond acceptors (Lipinski definition) is 4. The Morgan fingerprint density at radius 3 is 2.93 bits per heavy atom. The molecule has 1 aromatic heterocycles. The fourth-order valence-electron chi connectivity index (χ4n) is 3.01. The van der Waals surface area contributed by atoms with E-state index in [1.54, 1.807) is 19.1 Å². The Balaban J connectivity index is 1.58. The molecule has 1 fully saturated rings. The number of carbonyl (C=O) groups excluding carboxylic acids is 1. The topological polar surface area (TPSA) is 78.8 Å². The molecular weight excluding hydrogens is 342 g/mol. The van der Waals surface area contributed by atoms with E-state index in [1.165, 1.54) is 0 Å². The van der Waals surface area contributed by atoms with Gasteiger partial charge in [0, 0.05) is 50.2 Å². The first-order chi connectivity index (χ1) is 13.1. The Labute approximate surface area is 159 Å². The van der Waals surface area contributed by atoms with Crippen LogP contribution in [-0.2, 0) is 11.3 Å². The van der Waals surface area contributed by atoms with Gasteiger partial charge in [-0.2, -0.15) is 0 Å². The highest BCUT2D eigenvalue weighted by molar-refractivity contribution is 5.97. The highest BCUT2D eigenvalue weighted by atomic mass is 16.5. The summed E-state index contributed by atoms with van der Waals surface area (Å²) >= 11 is 0. The Morgan fingerprint density at radius 1 is 1.37 bits per heavy atom. The molecule has 2 N–H and O–H groups in total. The van der Waals surface area contributed by atoms with Gasteiger partial charge in [0.15, 0.2) is 5.96 Å². The third-order valence-corrected chi connectivity index (χ3v) is 4.49. The molecule has 0 saturated carbocycles. The van der Waals surface area contributed by atoms with Crippen molar-refractivity contribution in [1.82, 2.24) is 15.6 Å². The van der Waals surface area contributed by atoms with Crippen molar-refractivity contribution in [3.8, 4) is 5.75 Å². The van der Waals surface area contributed by atoms with Gasteiger partial charge in [0.1, 0.15) is 5.75 Å². The monoisotopic (exact) mass is 367 g/mol. The van der Waals surface area contributed by atoms with Gasteiger partial charge >= 0.3 is 0 Å². The minimum atomic E-state index is -0.00829. The molecule has 7 heteroatoms. The Hall–Kier alpha value is -3.09. The molecule has 1 saturated heterocycles. The summed E-state index contributed by atoms with van der Waals surface area (Å²) in [5.41, 5.74) is 2.91. The Morgan fingerprint density at radius 2 is 2.22 bits per heavy atom. The number of pyridine rings is 1. The predicted molar refractivity (Wildman–Crippen MR) is 106 cm³/mol. The predicted octanol–water partition coefficient (Wildman–Crippen LogP) is 1.87. The third-order valence-electron chi connectivity index (χ3n) is 4.49. The van der Waals surface area contributed by atoms with Gasteiger partial charge in [0.2, 0.25) is 5.91 Å². The van der Waals surface area contributed by atoms with Gasteiger partial charge in [-0.25, -0.2) is 0 Å². The molecule has 142 valence electrons. The minimum Gasteiger partial charge on any atom is -0.497 e. The van der Waals surface area contributed by atoms with Crippen molar-refractivity contribution in [2.75, 3.05) is 25.6 Å². The number of carbonyl (C=O) groups is 1. The van der Waals surface area contributed by atoms with E-state index in [-0.39, 0.29) is 11.9 Å². The standard InChI is InChI=1S/C20H25N5O2/c1-14-7-8-15(11-22-14)12-23-20(21-2)24-16-9-19(26)25(13-16)17-5-4-6-18(10-17)27-3/h4-8,10-11,16H,9,12-13H2,1-3H3,(H2,21,23,24). The van der Waals surface area contributed by atoms with E-state index in [0.717, 1.165) is 22.7 Å². The summed E-state index contributed by atoms with van der Waals surface area (Å²) in [5.74, 6) is 1.49. The summed E-state index contributed by atoms with van der Waals surface area (Å²) in [6.45, 7) is 3.16. The van der Waals surface area contributed by atoms with Crippen LogP contribution in [0.3, 0.4) is 0 Å². The van der Waals surface area contributed by atoms with Crippen molar-refractivity contribution in [3.63, 3.8) is 0 Å². The average molecular weight is 367 g/mol. The number of amides is 1. The molecule has 0 spiro atoms. The van der Waals surface area contributed by atoms with Crippen LogP contribution in [0.2, 0.25) is 0 Å². The highest BCUT2D eigenvalue weighted by Gasteiger charge is 2.31. The van der Waals surface area contributed by atoms with E-state index in [4.69, 9.17) is 4.74 Å². The maximum atomic E-state index is 12.4. The van der Waals surface area contributed by atoms with E-state index in [0.29, 0.717) is 25.5 Å². The van der Waals surface area contributed by atoms with Gasteiger partial charge in [-0.05, 0) is 30.7 Å². The van der Waals surface area contributed by atoms with E-state index in [1.807, 2.05) is 49.5 Å². The van der Waals surface area contributed by atoms with Crippen LogP contribution in [0.1, 0.15) is 17.7 Å². The van der Waals surface area contributed by atoms with E-state index >= 15 is 0 Å². The summed E-state index contributed by atoms with van der Waals surface area (Å²) in [4.78, 5) is 22.8. The number of ether oxygens (including phenoxy) is 1. The van der Waals surface area contributed by atoms with Crippen LogP contribution < -0.4 is 20.3 Å². The molecule has 2 heterocycles. The summed E-state index contributed by atoms with van der Waals surface area (Å²) in [7, 11) is 3.34. The summed E-state index contributed by atoms with van der Waals surface area (Å²) in [6.07, 6.45) is 2.27. The Kier molecular flexibility index (Phi) is 5.90. The molecule has 27 heavy (non-hydrogen) atoms. The molecule has 1 aliphatic rings. The number of hydrogen-bond donors (Lipinski definition) is 2. The molecule has 0 aliphatic carbocycles. The van der Waals surface area contributed by atoms with Gasteiger partial charge in [0.25, 0.3) is 0 Å². The second kappa shape index (κ2) is 8.53. The largest absolute Gasteiger partial charge is 0.497 e. The van der Waals surface area contributed by atoms with Gasteiger partial charge in [0.05, 0.1) is 13.2 Å². The number of aromatic nitrogens is 1. The zero-order chi connectivity index (χ0) is 19.2. The van der Waals surface area contributed by atoms with Crippen LogP contribution in [0, 0.1) is 6.92 Å². The molecule has 2 aromatic rings. The van der Waals surface area contributed by atoms with Crippen LogP contribution in [0.15, 0.2) is 47.6 Å². The first-order valence-corrected chi connectivity index (χ1v) is 8.92. The van der Waals surface area contributed by atoms with Gasteiger partial charge in [-0.3, -0.25) is 14.8 Å². The quantitative estimate of drug-likeness (QED) is 0.623. The van der Waals surface area contributed by atoms with Crippen LogP contribution in [-0.4, -0.2) is 43.6 Å². The maximum Gasteiger partial charge on any atom is 0.229 e. The molecule has 1 atom stereocenters. The fourth-order valence-corrected chi connectivity index (χ4v) is 3.01. The number of anilines is 1. The van der Waals surface area contributed by atoms with Crippen molar-refractivity contribution in [2.45, 2.75) is 25.9 Å². The van der Waals surface area contributed by atoms with E-state index in [2.05, 4.69) is 20.6 Å². The van der Waals surface area contributed by atoms with Gasteiger partial charge in [-0.15, -0.1) is 0 Å². The second-order valence-corrected chi connectivity index (χ2v) is 6.48. The van der Waals surface area contributed by atoms with E-state index < -0.39 is 0 Å². The molecule has 0 radical (unpaired) electrons. The molecular formula is C20H25N5O2. The van der Waals surface area contributed by atoms with Crippen molar-refractivity contribution in [3.05, 3.63) is 53.9 Å². The number of methoxy groups -OCH3 is 1. The number of benzene rings is 1. The summed E-state index contributed by atoms with van der Waals surface area (Å²) in [5, 5.41) is 6.60. The van der Waals surface area contributed by atoms with Crippen molar-refractivity contribution < 1.29 is 9.53 Å². The van der Waals surface area contributed by atoms with Crippen molar-refractivity contribution >= 4 is 17.6 Å².